The number of hydrogen-bond donors (Lipinski definition) is 0. The second-order valence-electron chi connectivity index (χ2n) is 4.46. The van der Waals surface area contributed by atoms with Gasteiger partial charge in [0.2, 0.25) is 0 Å². The van der Waals surface area contributed by atoms with Crippen molar-refractivity contribution in [2.75, 3.05) is 0 Å². The summed E-state index contributed by atoms with van der Waals surface area (Å²) in [6, 6.07) is 14.5. The van der Waals surface area contributed by atoms with E-state index in [0.29, 0.717) is 0 Å². The van der Waals surface area contributed by atoms with E-state index in [-0.39, 0.29) is 0 Å². The standard InChI is InChI=1S/C16H15NS/c1-11-4-5-12(2)16(8-11)18-15-7-6-14(10-17)9-13(15)3/h4-9H,1-3H3. The quantitative estimate of drug-likeness (QED) is 0.778. The SMILES string of the molecule is Cc1ccc(C)c(Sc2ccc(C#N)cc2C)c1. The summed E-state index contributed by atoms with van der Waals surface area (Å²) in [4.78, 5) is 2.49. The third-order valence-electron chi connectivity index (χ3n) is 2.87. The normalized spacial score (nSPS) is 10.1. The zero-order chi connectivity index (χ0) is 13.1. The molecular weight excluding hydrogens is 238 g/mol. The minimum atomic E-state index is 0.720. The minimum Gasteiger partial charge on any atom is -0.192 e. The monoisotopic (exact) mass is 253 g/mol. The Balaban J connectivity index is 2.34. The van der Waals surface area contributed by atoms with Gasteiger partial charge in [0.15, 0.2) is 0 Å². The van der Waals surface area contributed by atoms with E-state index in [2.05, 4.69) is 38.1 Å². The predicted molar refractivity (Wildman–Crippen MR) is 75.9 cm³/mol. The highest BCUT2D eigenvalue weighted by molar-refractivity contribution is 7.99. The Morgan fingerprint density at radius 3 is 2.33 bits per heavy atom. The summed E-state index contributed by atoms with van der Waals surface area (Å²) in [5.74, 6) is 0. The molecule has 0 heterocycles. The fourth-order valence-corrected chi connectivity index (χ4v) is 2.84. The molecule has 0 unspecified atom stereocenters. The summed E-state index contributed by atoms with van der Waals surface area (Å²) in [6.07, 6.45) is 0. The van der Waals surface area contributed by atoms with Crippen molar-refractivity contribution in [1.82, 2.24) is 0 Å². The van der Waals surface area contributed by atoms with Gasteiger partial charge < -0.3 is 0 Å². The van der Waals surface area contributed by atoms with Crippen LogP contribution in [0.15, 0.2) is 46.2 Å². The van der Waals surface area contributed by atoms with Crippen LogP contribution in [0.3, 0.4) is 0 Å². The molecule has 0 saturated carbocycles. The van der Waals surface area contributed by atoms with Crippen molar-refractivity contribution in [2.45, 2.75) is 30.6 Å². The van der Waals surface area contributed by atoms with Gasteiger partial charge in [0, 0.05) is 9.79 Å². The first-order valence-electron chi connectivity index (χ1n) is 5.86. The Hall–Kier alpha value is -1.72. The lowest BCUT2D eigenvalue weighted by Crippen LogP contribution is -1.85. The van der Waals surface area contributed by atoms with Gasteiger partial charge in [-0.1, -0.05) is 23.9 Å². The van der Waals surface area contributed by atoms with E-state index < -0.39 is 0 Å². The number of aryl methyl sites for hydroxylation is 3. The molecule has 0 aliphatic heterocycles. The molecule has 0 atom stereocenters. The van der Waals surface area contributed by atoms with Crippen LogP contribution in [-0.4, -0.2) is 0 Å². The summed E-state index contributed by atoms with van der Waals surface area (Å²) in [5.41, 5.74) is 4.43. The first-order valence-corrected chi connectivity index (χ1v) is 6.67. The van der Waals surface area contributed by atoms with Gasteiger partial charge in [-0.05, 0) is 61.7 Å². The molecule has 0 N–H and O–H groups in total. The largest absolute Gasteiger partial charge is 0.192 e. The van der Waals surface area contributed by atoms with Gasteiger partial charge in [0.05, 0.1) is 11.6 Å². The van der Waals surface area contributed by atoms with Crippen LogP contribution >= 0.6 is 11.8 Å². The minimum absolute atomic E-state index is 0.720. The summed E-state index contributed by atoms with van der Waals surface area (Å²) in [6.45, 7) is 6.28. The molecule has 2 rings (SSSR count). The molecule has 0 aliphatic rings. The Labute approximate surface area is 112 Å². The van der Waals surface area contributed by atoms with E-state index in [4.69, 9.17) is 5.26 Å². The summed E-state index contributed by atoms with van der Waals surface area (Å²) < 4.78 is 0. The summed E-state index contributed by atoms with van der Waals surface area (Å²) >= 11 is 1.76. The Bertz CT molecular complexity index is 623. The van der Waals surface area contributed by atoms with E-state index in [1.807, 2.05) is 25.1 Å². The van der Waals surface area contributed by atoms with Crippen LogP contribution in [0.25, 0.3) is 0 Å². The molecule has 0 saturated heterocycles. The van der Waals surface area contributed by atoms with E-state index in [1.165, 1.54) is 20.9 Å². The first-order chi connectivity index (χ1) is 8.60. The lowest BCUT2D eigenvalue weighted by molar-refractivity contribution is 1.23. The zero-order valence-electron chi connectivity index (χ0n) is 10.8. The predicted octanol–water partition coefficient (Wildman–Crippen LogP) is 4.63. The van der Waals surface area contributed by atoms with Crippen molar-refractivity contribution in [1.29, 1.82) is 5.26 Å². The average molecular weight is 253 g/mol. The van der Waals surface area contributed by atoms with E-state index in [9.17, 15) is 0 Å². The van der Waals surface area contributed by atoms with Gasteiger partial charge in [-0.3, -0.25) is 0 Å². The second-order valence-corrected chi connectivity index (χ2v) is 5.55. The first kappa shape index (κ1) is 12.7. The average Bonchev–Trinajstić information content (AvgIpc) is 2.36. The van der Waals surface area contributed by atoms with Gasteiger partial charge in [0.1, 0.15) is 0 Å². The second kappa shape index (κ2) is 5.29. The van der Waals surface area contributed by atoms with Crippen molar-refractivity contribution in [3.63, 3.8) is 0 Å². The number of rotatable bonds is 2. The van der Waals surface area contributed by atoms with Crippen LogP contribution in [-0.2, 0) is 0 Å². The lowest BCUT2D eigenvalue weighted by atomic mass is 10.1. The fourth-order valence-electron chi connectivity index (χ4n) is 1.77. The molecular formula is C16H15NS. The van der Waals surface area contributed by atoms with Gasteiger partial charge in [-0.15, -0.1) is 0 Å². The molecule has 90 valence electrons. The van der Waals surface area contributed by atoms with Gasteiger partial charge >= 0.3 is 0 Å². The van der Waals surface area contributed by atoms with Gasteiger partial charge in [-0.25, -0.2) is 0 Å². The zero-order valence-corrected chi connectivity index (χ0v) is 11.6. The molecule has 0 bridgehead atoms. The highest BCUT2D eigenvalue weighted by atomic mass is 32.2. The molecule has 2 aromatic carbocycles. The van der Waals surface area contributed by atoms with Crippen LogP contribution in [0.1, 0.15) is 22.3 Å². The van der Waals surface area contributed by atoms with Crippen molar-refractivity contribution in [3.8, 4) is 6.07 Å². The number of hydrogen-bond acceptors (Lipinski definition) is 2. The van der Waals surface area contributed by atoms with E-state index in [1.54, 1.807) is 11.8 Å². The van der Waals surface area contributed by atoms with E-state index >= 15 is 0 Å². The maximum Gasteiger partial charge on any atom is 0.0991 e. The van der Waals surface area contributed by atoms with E-state index in [0.717, 1.165) is 11.1 Å². The van der Waals surface area contributed by atoms with Crippen LogP contribution in [0, 0.1) is 32.1 Å². The molecule has 1 nitrogen and oxygen atoms in total. The Kier molecular flexibility index (Phi) is 3.74. The van der Waals surface area contributed by atoms with Crippen molar-refractivity contribution < 1.29 is 0 Å². The van der Waals surface area contributed by atoms with Gasteiger partial charge in [0.25, 0.3) is 0 Å². The molecule has 2 aromatic rings. The lowest BCUT2D eigenvalue weighted by Gasteiger charge is -2.09. The summed E-state index contributed by atoms with van der Waals surface area (Å²) in [7, 11) is 0. The highest BCUT2D eigenvalue weighted by Gasteiger charge is 2.05. The van der Waals surface area contributed by atoms with Crippen LogP contribution in [0.5, 0.6) is 0 Å². The number of benzene rings is 2. The van der Waals surface area contributed by atoms with Crippen LogP contribution in [0.2, 0.25) is 0 Å². The van der Waals surface area contributed by atoms with Crippen molar-refractivity contribution in [2.24, 2.45) is 0 Å². The van der Waals surface area contributed by atoms with Crippen LogP contribution < -0.4 is 0 Å². The van der Waals surface area contributed by atoms with Crippen LogP contribution in [0.4, 0.5) is 0 Å². The number of nitrogens with zero attached hydrogens (tertiary/aromatic N) is 1. The van der Waals surface area contributed by atoms with Crippen molar-refractivity contribution in [3.05, 3.63) is 58.7 Å². The maximum absolute atomic E-state index is 8.87. The molecule has 0 fully saturated rings. The van der Waals surface area contributed by atoms with Crippen molar-refractivity contribution >= 4 is 11.8 Å². The Morgan fingerprint density at radius 2 is 1.67 bits per heavy atom. The molecule has 2 heteroatoms. The summed E-state index contributed by atoms with van der Waals surface area (Å²) in [5, 5.41) is 8.87. The highest BCUT2D eigenvalue weighted by Crippen LogP contribution is 2.33. The smallest absolute Gasteiger partial charge is 0.0991 e. The molecule has 0 radical (unpaired) electrons. The molecule has 0 aromatic heterocycles. The topological polar surface area (TPSA) is 23.8 Å². The third-order valence-corrected chi connectivity index (χ3v) is 4.21. The number of nitriles is 1. The molecule has 0 amide bonds. The fraction of sp³-hybridized carbons (Fsp3) is 0.188. The third kappa shape index (κ3) is 2.75. The molecule has 0 spiro atoms. The maximum atomic E-state index is 8.87. The molecule has 18 heavy (non-hydrogen) atoms. The van der Waals surface area contributed by atoms with Gasteiger partial charge in [-0.2, -0.15) is 5.26 Å². The molecule has 0 aliphatic carbocycles. The Morgan fingerprint density at radius 1 is 0.889 bits per heavy atom.